The maximum Gasteiger partial charge on any atom is 0.337 e. The molecule has 5 N–H and O–H groups in total. The molecule has 0 radical (unpaired) electrons. The lowest BCUT2D eigenvalue weighted by Crippen LogP contribution is -2.31. The van der Waals surface area contributed by atoms with Gasteiger partial charge >= 0.3 is 5.97 Å². The highest BCUT2D eigenvalue weighted by Gasteiger charge is 2.12. The van der Waals surface area contributed by atoms with E-state index in [-0.39, 0.29) is 23.9 Å². The minimum Gasteiger partial charge on any atom is -0.478 e. The third kappa shape index (κ3) is 4.50. The molecule has 1 aromatic rings. The van der Waals surface area contributed by atoms with Crippen LogP contribution in [0.2, 0.25) is 0 Å². The molecule has 0 aliphatic heterocycles. The number of hydrogen-bond acceptors (Lipinski definition) is 4. The first-order valence-electron chi connectivity index (χ1n) is 6.07. The summed E-state index contributed by atoms with van der Waals surface area (Å²) >= 11 is 0. The maximum atomic E-state index is 11.4. The van der Waals surface area contributed by atoms with Crippen LogP contribution in [0.1, 0.15) is 30.6 Å². The molecule has 0 heterocycles. The van der Waals surface area contributed by atoms with Crippen molar-refractivity contribution in [2.24, 2.45) is 0 Å². The number of hydrogen-bond donors (Lipinski definition) is 4. The van der Waals surface area contributed by atoms with Gasteiger partial charge < -0.3 is 21.5 Å². The molecular formula is C13H19N3O3. The van der Waals surface area contributed by atoms with Crippen LogP contribution in [0.25, 0.3) is 0 Å². The average Bonchev–Trinajstić information content (AvgIpc) is 2.29. The van der Waals surface area contributed by atoms with Crippen LogP contribution < -0.4 is 16.4 Å². The van der Waals surface area contributed by atoms with Crippen molar-refractivity contribution in [1.82, 2.24) is 5.32 Å². The summed E-state index contributed by atoms with van der Waals surface area (Å²) < 4.78 is 0. The number of carbonyl (C=O) groups excluding carboxylic acids is 1. The second-order valence-corrected chi connectivity index (χ2v) is 4.47. The Morgan fingerprint density at radius 3 is 2.63 bits per heavy atom. The SMILES string of the molecule is CC(C)NC(=O)CCNc1c(N)cccc1C(=O)O. The Kier molecular flexibility index (Phi) is 5.17. The summed E-state index contributed by atoms with van der Waals surface area (Å²) in [5, 5.41) is 14.7. The van der Waals surface area contributed by atoms with E-state index in [2.05, 4.69) is 10.6 Å². The Balaban J connectivity index is 2.63. The molecule has 6 nitrogen and oxygen atoms in total. The highest BCUT2D eigenvalue weighted by molar-refractivity contribution is 5.97. The van der Waals surface area contributed by atoms with E-state index in [1.165, 1.54) is 6.07 Å². The molecule has 0 aliphatic rings. The fourth-order valence-electron chi connectivity index (χ4n) is 1.64. The first kappa shape index (κ1) is 14.8. The van der Waals surface area contributed by atoms with Gasteiger partial charge in [0.25, 0.3) is 0 Å². The molecule has 0 saturated carbocycles. The van der Waals surface area contributed by atoms with E-state index in [0.717, 1.165) is 0 Å². The Morgan fingerprint density at radius 1 is 1.37 bits per heavy atom. The number of para-hydroxylation sites is 1. The van der Waals surface area contributed by atoms with Crippen LogP contribution in [0, 0.1) is 0 Å². The van der Waals surface area contributed by atoms with Gasteiger partial charge in [0.05, 0.1) is 16.9 Å². The van der Waals surface area contributed by atoms with Crippen molar-refractivity contribution >= 4 is 23.3 Å². The molecule has 1 aromatic carbocycles. The van der Waals surface area contributed by atoms with Gasteiger partial charge in [0.1, 0.15) is 0 Å². The van der Waals surface area contributed by atoms with Gasteiger partial charge in [-0.1, -0.05) is 6.07 Å². The number of nitrogens with one attached hydrogen (secondary N) is 2. The summed E-state index contributed by atoms with van der Waals surface area (Å²) in [6.07, 6.45) is 0.256. The predicted octanol–water partition coefficient (Wildman–Crippen LogP) is 1.29. The number of nitrogens with two attached hydrogens (primary N) is 1. The van der Waals surface area contributed by atoms with Crippen molar-refractivity contribution in [3.05, 3.63) is 23.8 Å². The number of benzene rings is 1. The fraction of sp³-hybridized carbons (Fsp3) is 0.385. The molecule has 104 valence electrons. The molecule has 1 rings (SSSR count). The minimum atomic E-state index is -1.05. The highest BCUT2D eigenvalue weighted by atomic mass is 16.4. The predicted molar refractivity (Wildman–Crippen MR) is 74.2 cm³/mol. The number of nitrogen functional groups attached to an aromatic ring is 1. The van der Waals surface area contributed by atoms with Gasteiger partial charge in [-0.3, -0.25) is 4.79 Å². The highest BCUT2D eigenvalue weighted by Crippen LogP contribution is 2.23. The quantitative estimate of drug-likeness (QED) is 0.580. The van der Waals surface area contributed by atoms with Gasteiger partial charge in [0.15, 0.2) is 0 Å². The van der Waals surface area contributed by atoms with Crippen molar-refractivity contribution in [1.29, 1.82) is 0 Å². The third-order valence-electron chi connectivity index (χ3n) is 2.43. The molecule has 19 heavy (non-hydrogen) atoms. The van der Waals surface area contributed by atoms with Gasteiger partial charge in [0, 0.05) is 19.0 Å². The van der Waals surface area contributed by atoms with Crippen molar-refractivity contribution in [3.8, 4) is 0 Å². The Hall–Kier alpha value is -2.24. The van der Waals surface area contributed by atoms with Gasteiger partial charge in [0.2, 0.25) is 5.91 Å². The molecule has 0 aliphatic carbocycles. The normalized spacial score (nSPS) is 10.3. The van der Waals surface area contributed by atoms with E-state index < -0.39 is 5.97 Å². The summed E-state index contributed by atoms with van der Waals surface area (Å²) in [7, 11) is 0. The summed E-state index contributed by atoms with van der Waals surface area (Å²) in [5.41, 5.74) is 6.54. The average molecular weight is 265 g/mol. The number of aromatic carboxylic acids is 1. The van der Waals surface area contributed by atoms with E-state index in [1.807, 2.05) is 13.8 Å². The topological polar surface area (TPSA) is 104 Å². The number of carboxylic acids is 1. The second kappa shape index (κ2) is 6.63. The van der Waals surface area contributed by atoms with Crippen LogP contribution >= 0.6 is 0 Å². The summed E-state index contributed by atoms with van der Waals surface area (Å²) in [4.78, 5) is 22.5. The summed E-state index contributed by atoms with van der Waals surface area (Å²) in [6, 6.07) is 4.75. The zero-order chi connectivity index (χ0) is 14.4. The molecule has 0 fully saturated rings. The molecule has 0 atom stereocenters. The molecule has 0 spiro atoms. The number of carboxylic acid groups (broad SMARTS) is 1. The lowest BCUT2D eigenvalue weighted by molar-refractivity contribution is -0.121. The van der Waals surface area contributed by atoms with E-state index in [4.69, 9.17) is 10.8 Å². The van der Waals surface area contributed by atoms with Crippen molar-refractivity contribution < 1.29 is 14.7 Å². The number of rotatable bonds is 6. The largest absolute Gasteiger partial charge is 0.478 e. The molecule has 1 amide bonds. The van der Waals surface area contributed by atoms with E-state index in [9.17, 15) is 9.59 Å². The fourth-order valence-corrected chi connectivity index (χ4v) is 1.64. The minimum absolute atomic E-state index is 0.0869. The third-order valence-corrected chi connectivity index (χ3v) is 2.43. The van der Waals surface area contributed by atoms with Crippen LogP contribution in [-0.2, 0) is 4.79 Å². The van der Waals surface area contributed by atoms with Gasteiger partial charge in [-0.05, 0) is 26.0 Å². The molecule has 6 heteroatoms. The lowest BCUT2D eigenvalue weighted by Gasteiger charge is -2.13. The maximum absolute atomic E-state index is 11.4. The monoisotopic (exact) mass is 265 g/mol. The van der Waals surface area contributed by atoms with Crippen LogP contribution in [0.5, 0.6) is 0 Å². The Bertz CT molecular complexity index is 472. The van der Waals surface area contributed by atoms with Crippen molar-refractivity contribution in [2.45, 2.75) is 26.3 Å². The van der Waals surface area contributed by atoms with E-state index >= 15 is 0 Å². The molecule has 0 aromatic heterocycles. The van der Waals surface area contributed by atoms with Crippen molar-refractivity contribution in [2.75, 3.05) is 17.6 Å². The zero-order valence-electron chi connectivity index (χ0n) is 11.1. The Morgan fingerprint density at radius 2 is 2.05 bits per heavy atom. The molecule has 0 saturated heterocycles. The van der Waals surface area contributed by atoms with Crippen LogP contribution in [-0.4, -0.2) is 29.6 Å². The van der Waals surface area contributed by atoms with Crippen molar-refractivity contribution in [3.63, 3.8) is 0 Å². The number of anilines is 2. The molecule has 0 bridgehead atoms. The Labute approximate surface area is 112 Å². The van der Waals surface area contributed by atoms with Crippen LogP contribution in [0.3, 0.4) is 0 Å². The van der Waals surface area contributed by atoms with E-state index in [0.29, 0.717) is 17.9 Å². The smallest absolute Gasteiger partial charge is 0.337 e. The molecule has 0 unspecified atom stereocenters. The molecular weight excluding hydrogens is 246 g/mol. The van der Waals surface area contributed by atoms with Gasteiger partial charge in [-0.15, -0.1) is 0 Å². The number of amides is 1. The lowest BCUT2D eigenvalue weighted by atomic mass is 10.1. The van der Waals surface area contributed by atoms with Gasteiger partial charge in [-0.2, -0.15) is 0 Å². The second-order valence-electron chi connectivity index (χ2n) is 4.47. The van der Waals surface area contributed by atoms with E-state index in [1.54, 1.807) is 12.1 Å². The summed E-state index contributed by atoms with van der Waals surface area (Å²) in [6.45, 7) is 4.08. The first-order chi connectivity index (χ1) is 8.91. The number of carbonyl (C=O) groups is 2. The zero-order valence-corrected chi connectivity index (χ0v) is 11.1. The standard InChI is InChI=1S/C13H19N3O3/c1-8(2)16-11(17)6-7-15-12-9(13(18)19)4-3-5-10(12)14/h3-5,8,15H,6-7,14H2,1-2H3,(H,16,17)(H,18,19). The van der Waals surface area contributed by atoms with Gasteiger partial charge in [-0.25, -0.2) is 4.79 Å². The van der Waals surface area contributed by atoms with Crippen LogP contribution in [0.4, 0.5) is 11.4 Å². The summed E-state index contributed by atoms with van der Waals surface area (Å²) in [5.74, 6) is -1.14. The van der Waals surface area contributed by atoms with Crippen LogP contribution in [0.15, 0.2) is 18.2 Å². The first-order valence-corrected chi connectivity index (χ1v) is 6.07.